The van der Waals surface area contributed by atoms with Gasteiger partial charge >= 0.3 is 0 Å². The van der Waals surface area contributed by atoms with Gasteiger partial charge in [0.2, 0.25) is 0 Å². The molecule has 0 spiro atoms. The fourth-order valence-electron chi connectivity index (χ4n) is 5.61. The van der Waals surface area contributed by atoms with Crippen molar-refractivity contribution in [3.8, 4) is 17.1 Å². The molecule has 9 heteroatoms. The number of anilines is 1. The number of halogens is 1. The lowest BCUT2D eigenvalue weighted by Gasteiger charge is -2.33. The summed E-state index contributed by atoms with van der Waals surface area (Å²) < 4.78 is 32.3. The largest absolute Gasteiger partial charge is 0.470 e. The van der Waals surface area contributed by atoms with Crippen LogP contribution < -0.4 is 9.64 Å². The number of carbonyl (C=O) groups is 1. The third-order valence-electron chi connectivity index (χ3n) is 7.49. The first-order valence-corrected chi connectivity index (χ1v) is 12.6. The van der Waals surface area contributed by atoms with Gasteiger partial charge in [0.25, 0.3) is 0 Å². The van der Waals surface area contributed by atoms with Crippen molar-refractivity contribution in [1.82, 2.24) is 9.97 Å². The van der Waals surface area contributed by atoms with E-state index in [2.05, 4.69) is 14.9 Å². The van der Waals surface area contributed by atoms with Crippen LogP contribution in [0.15, 0.2) is 36.4 Å². The lowest BCUT2D eigenvalue weighted by Crippen LogP contribution is -2.34. The SMILES string of the molecule is CC(=O)CC1CCN(c2ccc(-c3nc4cc(O[C@@H]5CO[C@H]6[C@@H]5OC[C@H]6O)[nH]c4cc3F)cc2)CC1. The van der Waals surface area contributed by atoms with Crippen LogP contribution in [-0.4, -0.2) is 71.6 Å². The molecule has 3 aliphatic rings. The molecule has 190 valence electrons. The summed E-state index contributed by atoms with van der Waals surface area (Å²) in [5, 5.41) is 9.92. The smallest absolute Gasteiger partial charge is 0.193 e. The van der Waals surface area contributed by atoms with E-state index < -0.39 is 11.9 Å². The van der Waals surface area contributed by atoms with E-state index in [9.17, 15) is 9.90 Å². The fourth-order valence-corrected chi connectivity index (χ4v) is 5.61. The van der Waals surface area contributed by atoms with Gasteiger partial charge in [-0.05, 0) is 37.8 Å². The Labute approximate surface area is 208 Å². The standard InChI is InChI=1S/C27H30FN3O5/c1-15(32)10-16-6-8-31(9-7-16)18-4-2-17(3-5-18)25-19(28)11-20-21(30-25)12-24(29-20)36-23-14-35-26-22(33)13-34-27(23)26/h2-5,11-12,16,22-23,26-27,29,33H,6-10,13-14H2,1H3/t22-,23-,26-,27-/m1/s1. The van der Waals surface area contributed by atoms with Gasteiger partial charge in [-0.25, -0.2) is 9.37 Å². The topological polar surface area (TPSA) is 96.9 Å². The molecule has 2 aromatic heterocycles. The summed E-state index contributed by atoms with van der Waals surface area (Å²) in [5.74, 6) is 0.768. The predicted octanol–water partition coefficient (Wildman–Crippen LogP) is 3.47. The van der Waals surface area contributed by atoms with E-state index in [1.807, 2.05) is 24.3 Å². The molecule has 0 unspecified atom stereocenters. The number of hydrogen-bond acceptors (Lipinski definition) is 7. The Morgan fingerprint density at radius 2 is 1.92 bits per heavy atom. The van der Waals surface area contributed by atoms with Gasteiger partial charge < -0.3 is 34.0 Å². The fraction of sp³-hybridized carbons (Fsp3) is 0.481. The van der Waals surface area contributed by atoms with E-state index in [1.54, 1.807) is 13.0 Å². The van der Waals surface area contributed by atoms with Crippen LogP contribution in [0, 0.1) is 11.7 Å². The predicted molar refractivity (Wildman–Crippen MR) is 132 cm³/mol. The Kier molecular flexibility index (Phi) is 6.15. The number of ether oxygens (including phenoxy) is 3. The first kappa shape index (κ1) is 23.4. The Hall–Kier alpha value is -3.01. The molecule has 36 heavy (non-hydrogen) atoms. The number of pyridine rings is 1. The van der Waals surface area contributed by atoms with Crippen LogP contribution in [0.25, 0.3) is 22.3 Å². The second-order valence-corrected chi connectivity index (χ2v) is 10.1. The minimum atomic E-state index is -0.644. The Bertz CT molecular complexity index is 1250. The van der Waals surface area contributed by atoms with Gasteiger partial charge in [0.1, 0.15) is 29.8 Å². The van der Waals surface area contributed by atoms with Crippen LogP contribution in [0.3, 0.4) is 0 Å². The molecule has 8 nitrogen and oxygen atoms in total. The molecular formula is C27H30FN3O5. The van der Waals surface area contributed by atoms with Crippen LogP contribution in [0.2, 0.25) is 0 Å². The number of carbonyl (C=O) groups excluding carboxylic acids is 1. The number of ketones is 1. The number of aromatic amines is 1. The van der Waals surface area contributed by atoms with E-state index in [0.717, 1.165) is 31.6 Å². The van der Waals surface area contributed by atoms with Crippen molar-refractivity contribution in [2.24, 2.45) is 5.92 Å². The number of nitrogens with one attached hydrogen (secondary N) is 1. The number of piperidine rings is 1. The van der Waals surface area contributed by atoms with E-state index in [4.69, 9.17) is 14.2 Å². The highest BCUT2D eigenvalue weighted by Crippen LogP contribution is 2.33. The molecule has 3 aliphatic heterocycles. The lowest BCUT2D eigenvalue weighted by molar-refractivity contribution is -0.118. The van der Waals surface area contributed by atoms with Crippen LogP contribution >= 0.6 is 0 Å². The Morgan fingerprint density at radius 3 is 2.67 bits per heavy atom. The highest BCUT2D eigenvalue weighted by atomic mass is 19.1. The van der Waals surface area contributed by atoms with E-state index in [0.29, 0.717) is 41.4 Å². The Balaban J connectivity index is 1.16. The molecule has 3 saturated heterocycles. The normalized spacial score (nSPS) is 26.5. The van der Waals surface area contributed by atoms with Gasteiger partial charge in [0, 0.05) is 42.9 Å². The molecule has 2 N–H and O–H groups in total. The summed E-state index contributed by atoms with van der Waals surface area (Å²) in [4.78, 5) is 21.3. The number of H-pyrrole nitrogens is 1. The molecule has 4 atom stereocenters. The molecular weight excluding hydrogens is 465 g/mol. The van der Waals surface area contributed by atoms with Crippen molar-refractivity contribution in [2.75, 3.05) is 31.2 Å². The molecule has 3 aromatic rings. The average Bonchev–Trinajstić information content (AvgIpc) is 3.55. The minimum Gasteiger partial charge on any atom is -0.470 e. The van der Waals surface area contributed by atoms with Crippen LogP contribution in [0.4, 0.5) is 10.1 Å². The Morgan fingerprint density at radius 1 is 1.17 bits per heavy atom. The number of nitrogens with zero attached hydrogens (tertiary/aromatic N) is 2. The molecule has 3 fully saturated rings. The second-order valence-electron chi connectivity index (χ2n) is 10.1. The van der Waals surface area contributed by atoms with Crippen molar-refractivity contribution in [3.63, 3.8) is 0 Å². The second kappa shape index (κ2) is 9.46. The number of hydrogen-bond donors (Lipinski definition) is 2. The summed E-state index contributed by atoms with van der Waals surface area (Å²) in [7, 11) is 0. The highest BCUT2D eigenvalue weighted by molar-refractivity contribution is 5.81. The van der Waals surface area contributed by atoms with Crippen molar-refractivity contribution in [2.45, 2.75) is 50.6 Å². The summed E-state index contributed by atoms with van der Waals surface area (Å²) >= 11 is 0. The number of Topliss-reactive ketones (excluding diaryl/α,β-unsaturated/α-hetero) is 1. The molecule has 0 bridgehead atoms. The maximum absolute atomic E-state index is 15.0. The van der Waals surface area contributed by atoms with Crippen LogP contribution in [0.1, 0.15) is 26.2 Å². The maximum atomic E-state index is 15.0. The number of aliphatic hydroxyl groups is 1. The third kappa shape index (κ3) is 4.47. The number of benzene rings is 1. The number of fused-ring (bicyclic) bond motifs is 2. The van der Waals surface area contributed by atoms with Gasteiger partial charge in [0.15, 0.2) is 17.8 Å². The quantitative estimate of drug-likeness (QED) is 0.541. The van der Waals surface area contributed by atoms with Gasteiger partial charge in [0.05, 0.1) is 24.2 Å². The lowest BCUT2D eigenvalue weighted by atomic mass is 9.92. The van der Waals surface area contributed by atoms with Crippen molar-refractivity contribution in [3.05, 3.63) is 42.2 Å². The zero-order chi connectivity index (χ0) is 24.8. The molecule has 6 rings (SSSR count). The van der Waals surface area contributed by atoms with Gasteiger partial charge in [-0.15, -0.1) is 0 Å². The van der Waals surface area contributed by atoms with Crippen LogP contribution in [0.5, 0.6) is 5.88 Å². The summed E-state index contributed by atoms with van der Waals surface area (Å²) in [6, 6.07) is 11.0. The summed E-state index contributed by atoms with van der Waals surface area (Å²) in [6.07, 6.45) is 0.972. The van der Waals surface area contributed by atoms with Gasteiger partial charge in [-0.1, -0.05) is 12.1 Å². The molecule has 5 heterocycles. The van der Waals surface area contributed by atoms with Crippen molar-refractivity contribution < 1.29 is 28.5 Å². The third-order valence-corrected chi connectivity index (χ3v) is 7.49. The van der Waals surface area contributed by atoms with E-state index in [-0.39, 0.29) is 36.4 Å². The summed E-state index contributed by atoms with van der Waals surface area (Å²) in [6.45, 7) is 4.04. The molecule has 0 amide bonds. The van der Waals surface area contributed by atoms with E-state index in [1.165, 1.54) is 6.07 Å². The van der Waals surface area contributed by atoms with Gasteiger partial charge in [-0.2, -0.15) is 0 Å². The molecule has 0 radical (unpaired) electrons. The first-order chi connectivity index (χ1) is 17.4. The van der Waals surface area contributed by atoms with Gasteiger partial charge in [-0.3, -0.25) is 0 Å². The molecule has 0 aliphatic carbocycles. The van der Waals surface area contributed by atoms with E-state index >= 15 is 4.39 Å². The zero-order valence-electron chi connectivity index (χ0n) is 20.2. The highest BCUT2D eigenvalue weighted by Gasteiger charge is 2.48. The van der Waals surface area contributed by atoms with Crippen LogP contribution in [-0.2, 0) is 14.3 Å². The van der Waals surface area contributed by atoms with Crippen molar-refractivity contribution >= 4 is 22.5 Å². The minimum absolute atomic E-state index is 0.231. The average molecular weight is 496 g/mol. The zero-order valence-corrected chi connectivity index (χ0v) is 20.2. The molecule has 1 aromatic carbocycles. The summed E-state index contributed by atoms with van der Waals surface area (Å²) in [5.41, 5.74) is 3.22. The number of aromatic nitrogens is 2. The number of rotatable bonds is 6. The maximum Gasteiger partial charge on any atom is 0.193 e. The first-order valence-electron chi connectivity index (χ1n) is 12.6. The van der Waals surface area contributed by atoms with Crippen molar-refractivity contribution in [1.29, 1.82) is 0 Å². The monoisotopic (exact) mass is 495 g/mol. The number of aliphatic hydroxyl groups excluding tert-OH is 1. The molecule has 0 saturated carbocycles.